The summed E-state index contributed by atoms with van der Waals surface area (Å²) in [5, 5.41) is 5.72. The van der Waals surface area contributed by atoms with E-state index in [0.29, 0.717) is 24.6 Å². The Morgan fingerprint density at radius 3 is 2.74 bits per heavy atom. The number of ether oxygens (including phenoxy) is 1. The van der Waals surface area contributed by atoms with Crippen LogP contribution in [0.3, 0.4) is 0 Å². The molecule has 0 spiro atoms. The third-order valence-electron chi connectivity index (χ3n) is 1.95. The van der Waals surface area contributed by atoms with Gasteiger partial charge in [-0.2, -0.15) is 0 Å². The first kappa shape index (κ1) is 15.6. The Hall–Kier alpha value is -1.50. The Balaban J connectivity index is 2.29. The van der Waals surface area contributed by atoms with E-state index in [-0.39, 0.29) is 0 Å². The van der Waals surface area contributed by atoms with Gasteiger partial charge in [0.2, 0.25) is 0 Å². The largest absolute Gasteiger partial charge is 0.444 e. The van der Waals surface area contributed by atoms with Gasteiger partial charge in [0.25, 0.3) is 0 Å². The van der Waals surface area contributed by atoms with Gasteiger partial charge < -0.3 is 21.1 Å². The average Bonchev–Trinajstić information content (AvgIpc) is 2.24. The molecule has 0 aliphatic carbocycles. The van der Waals surface area contributed by atoms with Crippen LogP contribution in [0.15, 0.2) is 16.7 Å². The molecule has 0 saturated carbocycles. The molecule has 0 bridgehead atoms. The van der Waals surface area contributed by atoms with E-state index in [0.717, 1.165) is 4.47 Å². The number of hydrogen-bond acceptors (Lipinski definition) is 5. The summed E-state index contributed by atoms with van der Waals surface area (Å²) in [7, 11) is 0. The highest BCUT2D eigenvalue weighted by atomic mass is 79.9. The number of carbonyl (C=O) groups excluding carboxylic acids is 1. The summed E-state index contributed by atoms with van der Waals surface area (Å²) in [5.41, 5.74) is 5.69. The molecule has 0 aromatic carbocycles. The van der Waals surface area contributed by atoms with Gasteiger partial charge in [0.1, 0.15) is 11.4 Å². The maximum atomic E-state index is 11.4. The Bertz CT molecular complexity index is 446. The van der Waals surface area contributed by atoms with Gasteiger partial charge in [-0.1, -0.05) is 0 Å². The van der Waals surface area contributed by atoms with Crippen molar-refractivity contribution < 1.29 is 9.53 Å². The molecular formula is C12H19BrN4O2. The average molecular weight is 331 g/mol. The number of anilines is 2. The minimum Gasteiger partial charge on any atom is -0.444 e. The molecule has 106 valence electrons. The first-order chi connectivity index (χ1) is 8.78. The standard InChI is InChI=1S/C12H19BrN4O2/c1-12(2,3)19-11(18)16-5-4-15-10-9(13)6-8(14)7-17-10/h6-7H,4-5,14H2,1-3H3,(H,15,17)(H,16,18). The molecule has 1 aromatic rings. The molecule has 0 saturated heterocycles. The molecule has 7 heteroatoms. The Labute approximate surface area is 121 Å². The lowest BCUT2D eigenvalue weighted by Crippen LogP contribution is -2.35. The van der Waals surface area contributed by atoms with Crippen molar-refractivity contribution in [1.29, 1.82) is 0 Å². The van der Waals surface area contributed by atoms with Crippen molar-refractivity contribution in [2.24, 2.45) is 0 Å². The zero-order valence-corrected chi connectivity index (χ0v) is 12.9. The number of pyridine rings is 1. The highest BCUT2D eigenvalue weighted by Crippen LogP contribution is 2.21. The molecule has 1 heterocycles. The van der Waals surface area contributed by atoms with Crippen LogP contribution in [-0.4, -0.2) is 29.8 Å². The van der Waals surface area contributed by atoms with Crippen LogP contribution in [0, 0.1) is 0 Å². The van der Waals surface area contributed by atoms with Crippen LogP contribution < -0.4 is 16.4 Å². The van der Waals surface area contributed by atoms with Gasteiger partial charge in [0.15, 0.2) is 0 Å². The topological polar surface area (TPSA) is 89.3 Å². The van der Waals surface area contributed by atoms with E-state index in [1.807, 2.05) is 20.8 Å². The fourth-order valence-electron chi connectivity index (χ4n) is 1.24. The molecule has 6 nitrogen and oxygen atoms in total. The van der Waals surface area contributed by atoms with E-state index >= 15 is 0 Å². The van der Waals surface area contributed by atoms with Crippen LogP contribution in [0.25, 0.3) is 0 Å². The van der Waals surface area contributed by atoms with Crippen LogP contribution in [0.2, 0.25) is 0 Å². The molecule has 0 aliphatic heterocycles. The minimum absolute atomic E-state index is 0.432. The second-order valence-corrected chi connectivity index (χ2v) is 5.81. The lowest BCUT2D eigenvalue weighted by molar-refractivity contribution is 0.0530. The van der Waals surface area contributed by atoms with E-state index < -0.39 is 11.7 Å². The lowest BCUT2D eigenvalue weighted by Gasteiger charge is -2.19. The SMILES string of the molecule is CC(C)(C)OC(=O)NCCNc1ncc(N)cc1Br. The number of nitrogens with zero attached hydrogens (tertiary/aromatic N) is 1. The fraction of sp³-hybridized carbons (Fsp3) is 0.500. The van der Waals surface area contributed by atoms with E-state index in [1.165, 1.54) is 0 Å². The number of nitrogen functional groups attached to an aromatic ring is 1. The Morgan fingerprint density at radius 2 is 2.16 bits per heavy atom. The summed E-state index contributed by atoms with van der Waals surface area (Å²) in [6, 6.07) is 1.76. The molecule has 0 fully saturated rings. The third-order valence-corrected chi connectivity index (χ3v) is 2.55. The molecule has 1 amide bonds. The lowest BCUT2D eigenvalue weighted by atomic mass is 10.2. The summed E-state index contributed by atoms with van der Waals surface area (Å²) in [5.74, 6) is 0.681. The number of carbonyl (C=O) groups is 1. The number of nitrogens with one attached hydrogen (secondary N) is 2. The minimum atomic E-state index is -0.487. The molecule has 0 aliphatic rings. The van der Waals surface area contributed by atoms with Crippen molar-refractivity contribution in [3.8, 4) is 0 Å². The van der Waals surface area contributed by atoms with E-state index in [2.05, 4.69) is 31.5 Å². The molecule has 0 atom stereocenters. The number of alkyl carbamates (subject to hydrolysis) is 1. The Morgan fingerprint density at radius 1 is 1.47 bits per heavy atom. The monoisotopic (exact) mass is 330 g/mol. The summed E-state index contributed by atoms with van der Waals surface area (Å²) in [4.78, 5) is 15.5. The van der Waals surface area contributed by atoms with Gasteiger partial charge in [0, 0.05) is 13.1 Å². The van der Waals surface area contributed by atoms with Gasteiger partial charge >= 0.3 is 6.09 Å². The van der Waals surface area contributed by atoms with Crippen molar-refractivity contribution in [3.63, 3.8) is 0 Å². The normalized spacial score (nSPS) is 10.9. The highest BCUT2D eigenvalue weighted by molar-refractivity contribution is 9.10. The van der Waals surface area contributed by atoms with Crippen LogP contribution in [-0.2, 0) is 4.74 Å². The van der Waals surface area contributed by atoms with Gasteiger partial charge in [-0.25, -0.2) is 9.78 Å². The van der Waals surface area contributed by atoms with Crippen molar-refractivity contribution in [2.75, 3.05) is 24.1 Å². The summed E-state index contributed by atoms with van der Waals surface area (Å²) >= 11 is 3.35. The quantitative estimate of drug-likeness (QED) is 0.737. The van der Waals surface area contributed by atoms with Crippen LogP contribution in [0.4, 0.5) is 16.3 Å². The molecule has 0 radical (unpaired) electrons. The third kappa shape index (κ3) is 6.28. The van der Waals surface area contributed by atoms with Crippen LogP contribution >= 0.6 is 15.9 Å². The first-order valence-electron chi connectivity index (χ1n) is 5.89. The number of nitrogens with two attached hydrogens (primary N) is 1. The predicted molar refractivity (Wildman–Crippen MR) is 79.1 cm³/mol. The van der Waals surface area contributed by atoms with Crippen molar-refractivity contribution in [2.45, 2.75) is 26.4 Å². The molecule has 1 rings (SSSR count). The van der Waals surface area contributed by atoms with E-state index in [1.54, 1.807) is 12.3 Å². The first-order valence-corrected chi connectivity index (χ1v) is 6.69. The van der Waals surface area contributed by atoms with Gasteiger partial charge in [-0.05, 0) is 42.8 Å². The molecule has 1 aromatic heterocycles. The van der Waals surface area contributed by atoms with E-state index in [9.17, 15) is 4.79 Å². The summed E-state index contributed by atoms with van der Waals surface area (Å²) < 4.78 is 5.89. The second kappa shape index (κ2) is 6.60. The van der Waals surface area contributed by atoms with Crippen LogP contribution in [0.5, 0.6) is 0 Å². The van der Waals surface area contributed by atoms with Gasteiger partial charge in [0.05, 0.1) is 16.4 Å². The fourth-order valence-corrected chi connectivity index (χ4v) is 1.75. The maximum Gasteiger partial charge on any atom is 0.407 e. The molecule has 19 heavy (non-hydrogen) atoms. The Kier molecular flexibility index (Phi) is 5.41. The number of halogens is 1. The smallest absolute Gasteiger partial charge is 0.407 e. The van der Waals surface area contributed by atoms with Crippen molar-refractivity contribution in [3.05, 3.63) is 16.7 Å². The highest BCUT2D eigenvalue weighted by Gasteiger charge is 2.15. The zero-order valence-electron chi connectivity index (χ0n) is 11.3. The number of aromatic nitrogens is 1. The number of amides is 1. The van der Waals surface area contributed by atoms with Crippen molar-refractivity contribution >= 4 is 33.5 Å². The second-order valence-electron chi connectivity index (χ2n) is 4.95. The summed E-state index contributed by atoms with van der Waals surface area (Å²) in [6.07, 6.45) is 1.13. The van der Waals surface area contributed by atoms with Gasteiger partial charge in [-0.3, -0.25) is 0 Å². The molecule has 4 N–H and O–H groups in total. The zero-order chi connectivity index (χ0) is 14.5. The summed E-state index contributed by atoms with van der Waals surface area (Å²) in [6.45, 7) is 6.43. The van der Waals surface area contributed by atoms with Gasteiger partial charge in [-0.15, -0.1) is 0 Å². The number of hydrogen-bond donors (Lipinski definition) is 3. The van der Waals surface area contributed by atoms with E-state index in [4.69, 9.17) is 10.5 Å². The predicted octanol–water partition coefficient (Wildman–Crippen LogP) is 2.36. The molecule has 0 unspecified atom stereocenters. The molecular weight excluding hydrogens is 312 g/mol. The van der Waals surface area contributed by atoms with Crippen LogP contribution in [0.1, 0.15) is 20.8 Å². The van der Waals surface area contributed by atoms with Crippen molar-refractivity contribution in [1.82, 2.24) is 10.3 Å². The number of rotatable bonds is 4. The maximum absolute atomic E-state index is 11.4.